The lowest BCUT2D eigenvalue weighted by atomic mass is 10.3. The van der Waals surface area contributed by atoms with Crippen LogP contribution in [-0.4, -0.2) is 6.16 Å². The van der Waals surface area contributed by atoms with Crippen molar-refractivity contribution in [2.75, 3.05) is 0 Å². The third-order valence-corrected chi connectivity index (χ3v) is 1.27. The SMILES string of the molecule is [O]C(=O)Oc1ccc(Cl)cc1. The molecule has 0 fully saturated rings. The fourth-order valence-corrected chi connectivity index (χ4v) is 0.725. The number of hydrogen-bond donors (Lipinski definition) is 0. The van der Waals surface area contributed by atoms with Crippen LogP contribution in [0.15, 0.2) is 24.3 Å². The largest absolute Gasteiger partial charge is 0.555 e. The van der Waals surface area contributed by atoms with Crippen LogP contribution in [0.1, 0.15) is 0 Å². The van der Waals surface area contributed by atoms with E-state index in [2.05, 4.69) is 4.74 Å². The fraction of sp³-hybridized carbons (Fsp3) is 0. The Morgan fingerprint density at radius 1 is 1.27 bits per heavy atom. The second kappa shape index (κ2) is 3.25. The Balaban J connectivity index is 2.74. The lowest BCUT2D eigenvalue weighted by Crippen LogP contribution is -2.00. The minimum absolute atomic E-state index is 0.203. The minimum Gasteiger partial charge on any atom is -0.392 e. The lowest BCUT2D eigenvalue weighted by molar-refractivity contribution is 0.117. The molecule has 0 heterocycles. The van der Waals surface area contributed by atoms with E-state index in [4.69, 9.17) is 11.6 Å². The van der Waals surface area contributed by atoms with Crippen molar-refractivity contribution in [3.05, 3.63) is 29.3 Å². The summed E-state index contributed by atoms with van der Waals surface area (Å²) in [5, 5.41) is 10.4. The topological polar surface area (TPSA) is 46.2 Å². The monoisotopic (exact) mass is 171 g/mol. The first-order chi connectivity index (χ1) is 5.18. The molecule has 0 unspecified atom stereocenters. The van der Waals surface area contributed by atoms with Crippen LogP contribution < -0.4 is 4.74 Å². The van der Waals surface area contributed by atoms with E-state index in [9.17, 15) is 9.90 Å². The summed E-state index contributed by atoms with van der Waals surface area (Å²) in [7, 11) is 0. The lowest BCUT2D eigenvalue weighted by Gasteiger charge is -1.95. The van der Waals surface area contributed by atoms with Crippen molar-refractivity contribution < 1.29 is 14.6 Å². The number of benzene rings is 1. The van der Waals surface area contributed by atoms with E-state index < -0.39 is 6.16 Å². The van der Waals surface area contributed by atoms with Crippen molar-refractivity contribution in [3.63, 3.8) is 0 Å². The summed E-state index contributed by atoms with van der Waals surface area (Å²) < 4.78 is 4.22. The third kappa shape index (κ3) is 2.47. The second-order valence-electron chi connectivity index (χ2n) is 1.81. The molecule has 0 amide bonds. The zero-order valence-corrected chi connectivity index (χ0v) is 6.17. The van der Waals surface area contributed by atoms with Gasteiger partial charge < -0.3 is 4.74 Å². The zero-order valence-electron chi connectivity index (χ0n) is 5.41. The first-order valence-electron chi connectivity index (χ1n) is 2.83. The van der Waals surface area contributed by atoms with E-state index in [0.717, 1.165) is 0 Å². The molecule has 1 rings (SSSR count). The molecule has 0 saturated heterocycles. The van der Waals surface area contributed by atoms with Crippen LogP contribution >= 0.6 is 11.6 Å². The minimum atomic E-state index is -1.58. The second-order valence-corrected chi connectivity index (χ2v) is 2.24. The number of ether oxygens (including phenoxy) is 1. The van der Waals surface area contributed by atoms with Gasteiger partial charge in [0.05, 0.1) is 0 Å². The van der Waals surface area contributed by atoms with Crippen LogP contribution in [0.4, 0.5) is 4.79 Å². The van der Waals surface area contributed by atoms with Gasteiger partial charge in [-0.2, -0.15) is 9.90 Å². The smallest absolute Gasteiger partial charge is 0.392 e. The quantitative estimate of drug-likeness (QED) is 0.481. The summed E-state index contributed by atoms with van der Waals surface area (Å²) in [5.74, 6) is 0.203. The van der Waals surface area contributed by atoms with E-state index in [-0.39, 0.29) is 5.75 Å². The van der Waals surface area contributed by atoms with Crippen molar-refractivity contribution in [2.24, 2.45) is 0 Å². The molecule has 0 aromatic heterocycles. The van der Waals surface area contributed by atoms with Crippen LogP contribution in [0, 0.1) is 0 Å². The Labute approximate surface area is 68.2 Å². The van der Waals surface area contributed by atoms with Gasteiger partial charge in [-0.15, -0.1) is 0 Å². The molecule has 0 spiro atoms. The van der Waals surface area contributed by atoms with Crippen molar-refractivity contribution >= 4 is 17.8 Å². The van der Waals surface area contributed by atoms with Gasteiger partial charge in [-0.25, -0.2) is 0 Å². The van der Waals surface area contributed by atoms with Crippen LogP contribution in [0.3, 0.4) is 0 Å². The van der Waals surface area contributed by atoms with Gasteiger partial charge in [-0.1, -0.05) is 11.6 Å². The Bertz CT molecular complexity index is 255. The summed E-state index contributed by atoms with van der Waals surface area (Å²) in [6, 6.07) is 5.94. The fourth-order valence-electron chi connectivity index (χ4n) is 0.599. The highest BCUT2D eigenvalue weighted by molar-refractivity contribution is 6.30. The molecule has 1 aromatic rings. The molecule has 0 N–H and O–H groups in total. The van der Waals surface area contributed by atoms with Gasteiger partial charge in [-0.05, 0) is 24.3 Å². The summed E-state index contributed by atoms with van der Waals surface area (Å²) in [6.45, 7) is 0. The van der Waals surface area contributed by atoms with Gasteiger partial charge in [0.25, 0.3) is 0 Å². The maximum atomic E-state index is 9.89. The molecule has 1 aromatic carbocycles. The molecule has 0 bridgehead atoms. The molecule has 0 atom stereocenters. The van der Waals surface area contributed by atoms with E-state index in [1.165, 1.54) is 24.3 Å². The van der Waals surface area contributed by atoms with Crippen molar-refractivity contribution in [2.45, 2.75) is 0 Å². The first kappa shape index (κ1) is 7.88. The van der Waals surface area contributed by atoms with E-state index in [1.54, 1.807) is 0 Å². The zero-order chi connectivity index (χ0) is 8.27. The van der Waals surface area contributed by atoms with Crippen LogP contribution in [0.2, 0.25) is 5.02 Å². The van der Waals surface area contributed by atoms with Gasteiger partial charge in [-0.3, -0.25) is 0 Å². The van der Waals surface area contributed by atoms with Crippen molar-refractivity contribution in [1.29, 1.82) is 0 Å². The number of rotatable bonds is 1. The van der Waals surface area contributed by atoms with Gasteiger partial charge in [0.1, 0.15) is 5.75 Å². The third-order valence-electron chi connectivity index (χ3n) is 1.01. The molecular formula is C7H4ClO3. The first-order valence-corrected chi connectivity index (χ1v) is 3.20. The Morgan fingerprint density at radius 3 is 2.27 bits per heavy atom. The average molecular weight is 172 g/mol. The van der Waals surface area contributed by atoms with Crippen LogP contribution in [0.25, 0.3) is 0 Å². The van der Waals surface area contributed by atoms with Gasteiger partial charge in [0.2, 0.25) is 0 Å². The number of hydrogen-bond acceptors (Lipinski definition) is 2. The predicted molar refractivity (Wildman–Crippen MR) is 38.2 cm³/mol. The highest BCUT2D eigenvalue weighted by atomic mass is 35.5. The maximum Gasteiger partial charge on any atom is 0.555 e. The van der Waals surface area contributed by atoms with Gasteiger partial charge in [0.15, 0.2) is 0 Å². The van der Waals surface area contributed by atoms with Crippen LogP contribution in [-0.2, 0) is 5.11 Å². The summed E-state index contributed by atoms with van der Waals surface area (Å²) in [6.07, 6.45) is -1.58. The molecule has 11 heavy (non-hydrogen) atoms. The summed E-state index contributed by atoms with van der Waals surface area (Å²) in [4.78, 5) is 9.89. The predicted octanol–water partition coefficient (Wildman–Crippen LogP) is 2.27. The Hall–Kier alpha value is -1.22. The molecule has 0 aliphatic heterocycles. The number of carbonyl (C=O) groups excluding carboxylic acids is 1. The standard InChI is InChI=1S/C7H4ClO3/c8-5-1-3-6(4-2-5)11-7(9)10/h1-4H. The normalized spacial score (nSPS) is 9.18. The van der Waals surface area contributed by atoms with E-state index in [0.29, 0.717) is 5.02 Å². The summed E-state index contributed by atoms with van der Waals surface area (Å²) in [5.41, 5.74) is 0. The molecule has 0 saturated carbocycles. The molecule has 0 aliphatic rings. The van der Waals surface area contributed by atoms with Crippen molar-refractivity contribution in [1.82, 2.24) is 0 Å². The number of halogens is 1. The molecule has 0 aliphatic carbocycles. The van der Waals surface area contributed by atoms with Gasteiger partial charge >= 0.3 is 6.16 Å². The van der Waals surface area contributed by atoms with Crippen LogP contribution in [0.5, 0.6) is 5.75 Å². The van der Waals surface area contributed by atoms with Crippen molar-refractivity contribution in [3.8, 4) is 5.75 Å². The Kier molecular flexibility index (Phi) is 2.33. The number of carbonyl (C=O) groups is 1. The van der Waals surface area contributed by atoms with Gasteiger partial charge in [0, 0.05) is 5.02 Å². The summed E-state index contributed by atoms with van der Waals surface area (Å²) >= 11 is 5.53. The highest BCUT2D eigenvalue weighted by Gasteiger charge is 2.00. The molecule has 1 radical (unpaired) electrons. The molecule has 3 nitrogen and oxygen atoms in total. The van der Waals surface area contributed by atoms with E-state index >= 15 is 0 Å². The molecule has 57 valence electrons. The van der Waals surface area contributed by atoms with E-state index in [1.807, 2.05) is 0 Å². The highest BCUT2D eigenvalue weighted by Crippen LogP contribution is 2.15. The molecular weight excluding hydrogens is 168 g/mol. The molecule has 4 heteroatoms. The average Bonchev–Trinajstić information content (AvgIpc) is 1.93. The maximum absolute atomic E-state index is 9.89. The Morgan fingerprint density at radius 2 is 1.82 bits per heavy atom.